The number of methoxy groups -OCH3 is 1. The molecule has 0 aromatic carbocycles. The van der Waals surface area contributed by atoms with E-state index in [2.05, 4.69) is 11.6 Å². The van der Waals surface area contributed by atoms with Crippen LogP contribution in [0, 0.1) is 5.92 Å². The van der Waals surface area contributed by atoms with Gasteiger partial charge in [-0.1, -0.05) is 0 Å². The van der Waals surface area contributed by atoms with Gasteiger partial charge in [-0.15, -0.1) is 0 Å². The van der Waals surface area contributed by atoms with Crippen molar-refractivity contribution >= 4 is 42.1 Å². The number of ether oxygens (including phenoxy) is 1. The second kappa shape index (κ2) is 6.20. The molecule has 2 aromatic heterocycles. The van der Waals surface area contributed by atoms with Crippen molar-refractivity contribution < 1.29 is 9.53 Å². The summed E-state index contributed by atoms with van der Waals surface area (Å²) in [7, 11) is 1.43. The molecular weight excluding hydrogens is 300 g/mol. The summed E-state index contributed by atoms with van der Waals surface area (Å²) in [6.07, 6.45) is 5.54. The maximum atomic E-state index is 12.1. The molecule has 1 aliphatic rings. The first kappa shape index (κ1) is 15.2. The summed E-state index contributed by atoms with van der Waals surface area (Å²) < 4.78 is 6.54. The van der Waals surface area contributed by atoms with Crippen molar-refractivity contribution in [3.05, 3.63) is 23.1 Å². The van der Waals surface area contributed by atoms with Crippen LogP contribution < -0.4 is 5.46 Å². The molecule has 2 heterocycles. The van der Waals surface area contributed by atoms with Crippen LogP contribution in [0.1, 0.15) is 37.3 Å². The molecule has 1 fully saturated rings. The third-order valence-electron chi connectivity index (χ3n) is 4.35. The second-order valence-corrected chi connectivity index (χ2v) is 5.95. The summed E-state index contributed by atoms with van der Waals surface area (Å²) in [4.78, 5) is 16.7. The Morgan fingerprint density at radius 2 is 2.27 bits per heavy atom. The van der Waals surface area contributed by atoms with E-state index in [0.717, 1.165) is 36.8 Å². The number of esters is 1. The Hall–Kier alpha value is -1.69. The number of carbonyl (C=O) groups is 1. The zero-order valence-electron chi connectivity index (χ0n) is 12.5. The molecular formula is C15H17BClN3O2. The Balaban J connectivity index is 2.07. The van der Waals surface area contributed by atoms with E-state index in [4.69, 9.17) is 21.3 Å². The van der Waals surface area contributed by atoms with Gasteiger partial charge >= 0.3 is 134 Å². The Labute approximate surface area is 134 Å². The monoisotopic (exact) mass is 317 g/mol. The summed E-state index contributed by atoms with van der Waals surface area (Å²) in [5.41, 5.74) is 2.33. The number of nitrogens with zero attached hydrogens (tertiary/aromatic N) is 3. The van der Waals surface area contributed by atoms with Crippen molar-refractivity contribution in [2.75, 3.05) is 7.11 Å². The minimum absolute atomic E-state index is 0.0382. The Kier molecular flexibility index (Phi) is 4.29. The summed E-state index contributed by atoms with van der Waals surface area (Å²) in [6.45, 7) is 5.47. The summed E-state index contributed by atoms with van der Waals surface area (Å²) in [6, 6.07) is 1.81. The molecule has 0 amide bonds. The van der Waals surface area contributed by atoms with Gasteiger partial charge in [0.05, 0.1) is 0 Å². The van der Waals surface area contributed by atoms with Gasteiger partial charge in [0, 0.05) is 0 Å². The SMILES string of the molecule is C=Bc1cnn2c(Cl)cc([C@@H]3CCCC[C@@H]3C(=O)OC)nc12. The van der Waals surface area contributed by atoms with Gasteiger partial charge < -0.3 is 0 Å². The van der Waals surface area contributed by atoms with E-state index < -0.39 is 0 Å². The van der Waals surface area contributed by atoms with Crippen LogP contribution in [0.4, 0.5) is 0 Å². The number of hydrogen-bond donors (Lipinski definition) is 0. The Morgan fingerprint density at radius 3 is 3.00 bits per heavy atom. The molecule has 5 nitrogen and oxygen atoms in total. The van der Waals surface area contributed by atoms with Crippen LogP contribution in [-0.2, 0) is 9.53 Å². The molecule has 0 radical (unpaired) electrons. The van der Waals surface area contributed by atoms with Gasteiger partial charge in [0.2, 0.25) is 0 Å². The predicted octanol–water partition coefficient (Wildman–Crippen LogP) is 1.59. The normalized spacial score (nSPS) is 21.5. The minimum atomic E-state index is -0.167. The first-order valence-corrected chi connectivity index (χ1v) is 7.78. The fraction of sp³-hybridized carbons (Fsp3) is 0.467. The van der Waals surface area contributed by atoms with Crippen LogP contribution in [0.2, 0.25) is 5.15 Å². The molecule has 1 saturated carbocycles. The molecule has 0 N–H and O–H groups in total. The standard InChI is InChI=1S/C15H17BClN3O2/c1-16-11-8-18-20-13(17)7-12(19-14(11)20)9-5-3-4-6-10(9)15(21)22-2/h7-10H,1,3-6H2,2H3/t9-,10+/m1/s1. The van der Waals surface area contributed by atoms with E-state index in [1.54, 1.807) is 23.7 Å². The van der Waals surface area contributed by atoms with Crippen molar-refractivity contribution in [1.82, 2.24) is 14.6 Å². The van der Waals surface area contributed by atoms with Crippen molar-refractivity contribution in [2.45, 2.75) is 31.6 Å². The number of carbonyl (C=O) groups excluding carboxylic acids is 1. The second-order valence-electron chi connectivity index (χ2n) is 5.56. The molecule has 0 bridgehead atoms. The summed E-state index contributed by atoms with van der Waals surface area (Å²) in [5, 5.41) is 4.69. The quantitative estimate of drug-likeness (QED) is 0.490. The van der Waals surface area contributed by atoms with Crippen molar-refractivity contribution in [3.8, 4) is 0 Å². The zero-order valence-corrected chi connectivity index (χ0v) is 13.2. The number of halogens is 1. The molecule has 3 rings (SSSR count). The molecule has 0 unspecified atom stereocenters. The summed E-state index contributed by atoms with van der Waals surface area (Å²) >= 11 is 6.32. The third-order valence-corrected chi connectivity index (χ3v) is 4.61. The van der Waals surface area contributed by atoms with Crippen LogP contribution in [0.15, 0.2) is 12.3 Å². The molecule has 0 spiro atoms. The average molecular weight is 318 g/mol. The number of aromatic nitrogens is 3. The topological polar surface area (TPSA) is 56.5 Å². The van der Waals surface area contributed by atoms with Crippen LogP contribution in [-0.4, -0.2) is 41.1 Å². The zero-order chi connectivity index (χ0) is 15.7. The van der Waals surface area contributed by atoms with Gasteiger partial charge in [-0.3, -0.25) is 0 Å². The first-order chi connectivity index (χ1) is 10.7. The van der Waals surface area contributed by atoms with E-state index in [0.29, 0.717) is 10.8 Å². The van der Waals surface area contributed by atoms with Crippen LogP contribution in [0.3, 0.4) is 0 Å². The fourth-order valence-corrected chi connectivity index (χ4v) is 3.45. The van der Waals surface area contributed by atoms with Gasteiger partial charge in [-0.2, -0.15) is 0 Å². The maximum absolute atomic E-state index is 12.1. The molecule has 7 heteroatoms. The molecule has 0 saturated heterocycles. The number of hydrogen-bond acceptors (Lipinski definition) is 4. The first-order valence-electron chi connectivity index (χ1n) is 7.40. The summed E-state index contributed by atoms with van der Waals surface area (Å²) in [5.74, 6) is -0.281. The molecule has 2 aromatic rings. The molecule has 1 aliphatic carbocycles. The molecule has 114 valence electrons. The van der Waals surface area contributed by atoms with Gasteiger partial charge in [0.15, 0.2) is 0 Å². The van der Waals surface area contributed by atoms with Crippen LogP contribution in [0.5, 0.6) is 0 Å². The number of rotatable bonds is 3. The molecule has 0 aliphatic heterocycles. The van der Waals surface area contributed by atoms with Crippen molar-refractivity contribution in [2.24, 2.45) is 5.92 Å². The van der Waals surface area contributed by atoms with E-state index in [-0.39, 0.29) is 17.8 Å². The average Bonchev–Trinajstić information content (AvgIpc) is 2.97. The van der Waals surface area contributed by atoms with Gasteiger partial charge in [0.1, 0.15) is 0 Å². The predicted molar refractivity (Wildman–Crippen MR) is 87.2 cm³/mol. The van der Waals surface area contributed by atoms with Crippen molar-refractivity contribution in [1.29, 1.82) is 0 Å². The van der Waals surface area contributed by atoms with E-state index in [9.17, 15) is 4.79 Å². The van der Waals surface area contributed by atoms with Gasteiger partial charge in [-0.25, -0.2) is 0 Å². The Morgan fingerprint density at radius 1 is 1.50 bits per heavy atom. The third kappa shape index (κ3) is 2.56. The van der Waals surface area contributed by atoms with E-state index >= 15 is 0 Å². The van der Waals surface area contributed by atoms with Gasteiger partial charge in [-0.05, 0) is 0 Å². The van der Waals surface area contributed by atoms with Crippen LogP contribution in [0.25, 0.3) is 5.65 Å². The molecule has 22 heavy (non-hydrogen) atoms. The van der Waals surface area contributed by atoms with Crippen LogP contribution >= 0.6 is 11.6 Å². The molecule has 2 atom stereocenters. The Bertz CT molecular complexity index is 731. The van der Waals surface area contributed by atoms with E-state index in [1.807, 2.05) is 0 Å². The fourth-order valence-electron chi connectivity index (χ4n) is 3.21. The number of fused-ring (bicyclic) bond motifs is 1. The van der Waals surface area contributed by atoms with Gasteiger partial charge in [0.25, 0.3) is 0 Å². The van der Waals surface area contributed by atoms with E-state index in [1.165, 1.54) is 7.11 Å². The van der Waals surface area contributed by atoms with Crippen molar-refractivity contribution in [3.63, 3.8) is 0 Å².